The minimum absolute atomic E-state index is 0.0903. The van der Waals surface area contributed by atoms with E-state index in [9.17, 15) is 14.4 Å². The third-order valence-corrected chi connectivity index (χ3v) is 11.4. The second-order valence-corrected chi connectivity index (χ2v) is 15.5. The van der Waals surface area contributed by atoms with Gasteiger partial charge in [0.1, 0.15) is 34.3 Å². The molecule has 4 aromatic carbocycles. The summed E-state index contributed by atoms with van der Waals surface area (Å²) in [6.45, 7) is 9.15. The van der Waals surface area contributed by atoms with Crippen LogP contribution in [0, 0.1) is 11.8 Å². The molecule has 2 aliphatic rings. The van der Waals surface area contributed by atoms with Gasteiger partial charge in [0.05, 0.1) is 30.3 Å². The van der Waals surface area contributed by atoms with Crippen molar-refractivity contribution in [3.05, 3.63) is 157 Å². The highest BCUT2D eigenvalue weighted by Crippen LogP contribution is 2.36. The van der Waals surface area contributed by atoms with Crippen molar-refractivity contribution in [2.45, 2.75) is 18.8 Å². The van der Waals surface area contributed by atoms with Crippen molar-refractivity contribution in [2.24, 2.45) is 11.5 Å². The summed E-state index contributed by atoms with van der Waals surface area (Å²) in [6, 6.07) is 34.0. The second-order valence-electron chi connectivity index (χ2n) is 15.5. The van der Waals surface area contributed by atoms with E-state index in [-0.39, 0.29) is 17.5 Å². The minimum atomic E-state index is -0.581. The number of H-pyrrole nitrogens is 2. The summed E-state index contributed by atoms with van der Waals surface area (Å²) >= 11 is 0. The van der Waals surface area contributed by atoms with Gasteiger partial charge in [-0.25, -0.2) is 9.03 Å². The zero-order valence-electron chi connectivity index (χ0n) is 34.9. The Morgan fingerprint density at radius 3 is 1.50 bits per heavy atom. The minimum Gasteiger partial charge on any atom is -0.457 e. The van der Waals surface area contributed by atoms with Crippen LogP contribution in [0.5, 0.6) is 23.0 Å². The number of fused-ring (bicyclic) bond motifs is 2. The molecule has 0 saturated carbocycles. The Labute approximate surface area is 367 Å². The van der Waals surface area contributed by atoms with Gasteiger partial charge in [0.15, 0.2) is 11.4 Å². The molecule has 0 aliphatic carbocycles. The van der Waals surface area contributed by atoms with Crippen LogP contribution in [-0.4, -0.2) is 89.4 Å². The molecule has 6 N–H and O–H groups in total. The number of benzene rings is 4. The van der Waals surface area contributed by atoms with Crippen LogP contribution >= 0.6 is 0 Å². The predicted molar refractivity (Wildman–Crippen MR) is 242 cm³/mol. The molecule has 320 valence electrons. The van der Waals surface area contributed by atoms with Gasteiger partial charge in [-0.05, 0) is 85.8 Å². The molecular formula is C49H44N10O5. The third-order valence-electron chi connectivity index (χ3n) is 11.4. The molecule has 2 aliphatic heterocycles. The molecule has 0 atom stereocenters. The number of primary amides is 2. The standard InChI is InChI=1S/C25H23N5O2.C24H21N5O3/c1-2-3-13-29-15-18(16-29)21-14-27-30-23(24(26)31)22(28-25(21)30)17-9-11-20(12-10-17)32-19-7-5-4-6-8-19;1-2-20(30)28-13-16(14-28)19-12-26-29-22(23(25)31)21(27-24(19)29)15-8-10-18(11-9-15)32-17-6-4-3-5-7-17/h4-12,14,18,28H,13,15-16H2,1H3,(H2,26,31);2-12,16,27H,1,13-14H2,(H2,25,31). The Bertz CT molecular complexity index is 3050. The summed E-state index contributed by atoms with van der Waals surface area (Å²) in [5.74, 6) is 8.20. The Morgan fingerprint density at radius 2 is 1.09 bits per heavy atom. The maximum Gasteiger partial charge on any atom is 0.269 e. The molecule has 2 saturated heterocycles. The number of ether oxygens (including phenoxy) is 2. The van der Waals surface area contributed by atoms with Crippen molar-refractivity contribution < 1.29 is 23.9 Å². The third kappa shape index (κ3) is 8.08. The first-order chi connectivity index (χ1) is 31.2. The van der Waals surface area contributed by atoms with E-state index in [1.807, 2.05) is 122 Å². The lowest BCUT2D eigenvalue weighted by Gasteiger charge is -2.38. The van der Waals surface area contributed by atoms with E-state index in [4.69, 9.17) is 20.9 Å². The Kier molecular flexibility index (Phi) is 11.3. The monoisotopic (exact) mass is 852 g/mol. The molecule has 0 unspecified atom stereocenters. The molecule has 15 nitrogen and oxygen atoms in total. The van der Waals surface area contributed by atoms with Gasteiger partial charge in [0.2, 0.25) is 5.91 Å². The number of nitrogens with one attached hydrogen (secondary N) is 2. The van der Waals surface area contributed by atoms with Crippen LogP contribution in [-0.2, 0) is 4.79 Å². The van der Waals surface area contributed by atoms with Crippen LogP contribution in [0.15, 0.2) is 134 Å². The van der Waals surface area contributed by atoms with Gasteiger partial charge in [-0.3, -0.25) is 19.3 Å². The van der Waals surface area contributed by atoms with Crippen molar-refractivity contribution in [1.29, 1.82) is 0 Å². The van der Waals surface area contributed by atoms with Crippen molar-refractivity contribution in [3.8, 4) is 57.4 Å². The van der Waals surface area contributed by atoms with Crippen LogP contribution in [0.25, 0.3) is 33.8 Å². The highest BCUT2D eigenvalue weighted by Gasteiger charge is 2.35. The summed E-state index contributed by atoms with van der Waals surface area (Å²) in [5.41, 5.74) is 18.5. The number of nitrogens with zero attached hydrogens (tertiary/aromatic N) is 6. The van der Waals surface area contributed by atoms with E-state index in [0.717, 1.165) is 59.0 Å². The van der Waals surface area contributed by atoms with E-state index in [1.54, 1.807) is 20.1 Å². The van der Waals surface area contributed by atoms with Gasteiger partial charge < -0.3 is 35.8 Å². The highest BCUT2D eigenvalue weighted by molar-refractivity contribution is 5.99. The van der Waals surface area contributed by atoms with Crippen molar-refractivity contribution >= 4 is 29.0 Å². The largest absolute Gasteiger partial charge is 0.457 e. The molecular weight excluding hydrogens is 809 g/mol. The van der Waals surface area contributed by atoms with Gasteiger partial charge in [-0.15, -0.1) is 5.92 Å². The topological polar surface area (TPSA) is 194 Å². The summed E-state index contributed by atoms with van der Waals surface area (Å²) < 4.78 is 14.9. The molecule has 64 heavy (non-hydrogen) atoms. The van der Waals surface area contributed by atoms with Crippen molar-refractivity contribution in [3.63, 3.8) is 0 Å². The number of para-hydroxylation sites is 2. The number of nitrogens with two attached hydrogens (primary N) is 2. The Hall–Kier alpha value is -8.35. The molecule has 6 heterocycles. The van der Waals surface area contributed by atoms with Crippen LogP contribution in [0.4, 0.5) is 0 Å². The quantitative estimate of drug-likeness (QED) is 0.0747. The molecule has 10 rings (SSSR count). The van der Waals surface area contributed by atoms with E-state index in [0.29, 0.717) is 53.2 Å². The Balaban J connectivity index is 0.000000162. The van der Waals surface area contributed by atoms with Crippen LogP contribution in [0.1, 0.15) is 50.9 Å². The van der Waals surface area contributed by atoms with Crippen LogP contribution in [0.3, 0.4) is 0 Å². The summed E-state index contributed by atoms with van der Waals surface area (Å²) in [4.78, 5) is 47.1. The van der Waals surface area contributed by atoms with E-state index in [1.165, 1.54) is 6.08 Å². The first-order valence-electron chi connectivity index (χ1n) is 20.7. The summed E-state index contributed by atoms with van der Waals surface area (Å²) in [5, 5.41) is 8.85. The highest BCUT2D eigenvalue weighted by atomic mass is 16.5. The fourth-order valence-electron chi connectivity index (χ4n) is 8.05. The molecule has 3 amide bonds. The zero-order chi connectivity index (χ0) is 44.3. The number of hydrogen-bond donors (Lipinski definition) is 4. The zero-order valence-corrected chi connectivity index (χ0v) is 34.9. The van der Waals surface area contributed by atoms with Gasteiger partial charge in [0.25, 0.3) is 11.8 Å². The number of amides is 3. The molecule has 4 aromatic heterocycles. The fourth-order valence-corrected chi connectivity index (χ4v) is 8.05. The lowest BCUT2D eigenvalue weighted by Crippen LogP contribution is -2.47. The van der Waals surface area contributed by atoms with E-state index >= 15 is 0 Å². The molecule has 0 radical (unpaired) electrons. The Morgan fingerprint density at radius 1 is 0.672 bits per heavy atom. The number of aromatic amines is 2. The first-order valence-corrected chi connectivity index (χ1v) is 20.7. The number of aromatic nitrogens is 6. The SMILES string of the molecule is C=CC(=O)N1CC(c2cnn3c(C(N)=O)c(-c4ccc(Oc5ccccc5)cc4)[nH]c23)C1.CC#CCN1CC(c2cnn3c(C(N)=O)c(-c4ccc(Oc5ccccc5)cc4)[nH]c23)C1. The van der Waals surface area contributed by atoms with Crippen molar-refractivity contribution in [2.75, 3.05) is 32.7 Å². The lowest BCUT2D eigenvalue weighted by atomic mass is 9.93. The van der Waals surface area contributed by atoms with Gasteiger partial charge in [0, 0.05) is 60.3 Å². The van der Waals surface area contributed by atoms with E-state index in [2.05, 4.69) is 43.5 Å². The molecule has 8 aromatic rings. The number of carbonyl (C=O) groups is 3. The second kappa shape index (κ2) is 17.6. The molecule has 2 fully saturated rings. The number of carbonyl (C=O) groups excluding carboxylic acids is 3. The molecule has 0 spiro atoms. The number of likely N-dealkylation sites (tertiary alicyclic amines) is 2. The fraction of sp³-hybridized carbons (Fsp3) is 0.163. The molecule has 15 heteroatoms. The van der Waals surface area contributed by atoms with Crippen molar-refractivity contribution in [1.82, 2.24) is 39.0 Å². The summed E-state index contributed by atoms with van der Waals surface area (Å²) in [6.07, 6.45) is 4.86. The van der Waals surface area contributed by atoms with Crippen LogP contribution < -0.4 is 20.9 Å². The average Bonchev–Trinajstić information content (AvgIpc) is 4.06. The first kappa shape index (κ1) is 41.0. The number of imidazole rings is 2. The van der Waals surface area contributed by atoms with Gasteiger partial charge >= 0.3 is 0 Å². The maximum atomic E-state index is 12.3. The normalized spacial score (nSPS) is 13.9. The van der Waals surface area contributed by atoms with E-state index < -0.39 is 11.8 Å². The number of rotatable bonds is 12. The smallest absolute Gasteiger partial charge is 0.269 e. The predicted octanol–water partition coefficient (Wildman–Crippen LogP) is 6.98. The van der Waals surface area contributed by atoms with Gasteiger partial charge in [-0.1, -0.05) is 48.9 Å². The summed E-state index contributed by atoms with van der Waals surface area (Å²) in [7, 11) is 0. The molecule has 0 bridgehead atoms. The maximum absolute atomic E-state index is 12.3. The number of hydrogen-bond acceptors (Lipinski definition) is 8. The van der Waals surface area contributed by atoms with Gasteiger partial charge in [-0.2, -0.15) is 10.2 Å². The average molecular weight is 853 g/mol. The van der Waals surface area contributed by atoms with Crippen LogP contribution in [0.2, 0.25) is 0 Å². The lowest BCUT2D eigenvalue weighted by molar-refractivity contribution is -0.130.